The first kappa shape index (κ1) is 8.34. The number of Topliss-reactive ketones (excluding diaryl/α,β-unsaturated/α-hetero) is 1. The van der Waals surface area contributed by atoms with Crippen molar-refractivity contribution < 1.29 is 4.79 Å². The number of nitrogens with zero attached hydrogens (tertiary/aromatic N) is 4. The molecule has 0 aromatic carbocycles. The highest BCUT2D eigenvalue weighted by molar-refractivity contribution is 5.83. The van der Waals surface area contributed by atoms with Crippen LogP contribution < -0.4 is 0 Å². The molecule has 0 bridgehead atoms. The van der Waals surface area contributed by atoms with Crippen LogP contribution in [0.15, 0.2) is 0 Å². The Morgan fingerprint density at radius 1 is 1.62 bits per heavy atom. The Morgan fingerprint density at radius 2 is 2.38 bits per heavy atom. The lowest BCUT2D eigenvalue weighted by Gasteiger charge is -1.93. The zero-order chi connectivity index (χ0) is 9.26. The van der Waals surface area contributed by atoms with E-state index in [9.17, 15) is 4.79 Å². The van der Waals surface area contributed by atoms with Crippen molar-refractivity contribution in [3.63, 3.8) is 0 Å². The largest absolute Gasteiger partial charge is 0.299 e. The minimum atomic E-state index is 0.344. The number of tetrazole rings is 1. The summed E-state index contributed by atoms with van der Waals surface area (Å²) in [4.78, 5) is 12.7. The predicted molar refractivity (Wildman–Crippen MR) is 44.9 cm³/mol. The van der Waals surface area contributed by atoms with Gasteiger partial charge in [-0.3, -0.25) is 4.79 Å². The van der Waals surface area contributed by atoms with Crippen molar-refractivity contribution in [2.45, 2.75) is 25.7 Å². The Labute approximate surface area is 76.1 Å². The summed E-state index contributed by atoms with van der Waals surface area (Å²) in [7, 11) is 1.72. The van der Waals surface area contributed by atoms with E-state index in [1.165, 1.54) is 4.80 Å². The summed E-state index contributed by atoms with van der Waals surface area (Å²) in [6.45, 7) is 0. The average Bonchev–Trinajstić information content (AvgIpc) is 2.87. The molecular weight excluding hydrogens is 168 g/mol. The second kappa shape index (κ2) is 3.24. The summed E-state index contributed by atoms with van der Waals surface area (Å²) in [6, 6.07) is 0. The van der Waals surface area contributed by atoms with Gasteiger partial charge in [0.25, 0.3) is 0 Å². The Balaban J connectivity index is 1.81. The normalized spacial score (nSPS) is 16.1. The van der Waals surface area contributed by atoms with Crippen LogP contribution in [0.25, 0.3) is 0 Å². The monoisotopic (exact) mass is 180 g/mol. The van der Waals surface area contributed by atoms with E-state index in [1.807, 2.05) is 0 Å². The van der Waals surface area contributed by atoms with E-state index in [0.29, 0.717) is 30.4 Å². The molecule has 70 valence electrons. The lowest BCUT2D eigenvalue weighted by atomic mass is 10.1. The van der Waals surface area contributed by atoms with E-state index in [-0.39, 0.29) is 0 Å². The molecule has 5 nitrogen and oxygen atoms in total. The summed E-state index contributed by atoms with van der Waals surface area (Å²) in [5.41, 5.74) is 0. The smallest absolute Gasteiger partial charge is 0.175 e. The molecule has 0 amide bonds. The molecule has 5 heteroatoms. The number of carbonyl (C=O) groups is 1. The van der Waals surface area contributed by atoms with Crippen molar-refractivity contribution in [1.29, 1.82) is 0 Å². The fourth-order valence-electron chi connectivity index (χ4n) is 1.27. The van der Waals surface area contributed by atoms with E-state index >= 15 is 0 Å². The van der Waals surface area contributed by atoms with Gasteiger partial charge < -0.3 is 0 Å². The predicted octanol–water partition coefficient (Wildman–Crippen LogP) is 0.122. The number of hydrogen-bond donors (Lipinski definition) is 0. The summed E-state index contributed by atoms with van der Waals surface area (Å²) >= 11 is 0. The van der Waals surface area contributed by atoms with Crippen LogP contribution in [0.4, 0.5) is 0 Å². The van der Waals surface area contributed by atoms with Gasteiger partial charge in [-0.25, -0.2) is 0 Å². The molecule has 1 saturated carbocycles. The minimum absolute atomic E-state index is 0.344. The van der Waals surface area contributed by atoms with Gasteiger partial charge in [-0.15, -0.1) is 10.2 Å². The standard InChI is InChI=1S/C8H12N4O/c1-12-10-8(9-11-12)5-4-7(13)6-2-3-6/h6H,2-5H2,1H3. The number of carbonyl (C=O) groups excluding carboxylic acids is 1. The number of hydrogen-bond acceptors (Lipinski definition) is 4. The van der Waals surface area contributed by atoms with Gasteiger partial charge in [0.2, 0.25) is 0 Å². The summed E-state index contributed by atoms with van der Waals surface area (Å²) in [6.07, 6.45) is 3.35. The van der Waals surface area contributed by atoms with Crippen molar-refractivity contribution in [3.8, 4) is 0 Å². The average molecular weight is 180 g/mol. The molecule has 13 heavy (non-hydrogen) atoms. The molecule has 0 aliphatic heterocycles. The van der Waals surface area contributed by atoms with Crippen molar-refractivity contribution >= 4 is 5.78 Å². The van der Waals surface area contributed by atoms with Gasteiger partial charge in [0.05, 0.1) is 7.05 Å². The van der Waals surface area contributed by atoms with Crippen LogP contribution in [0.3, 0.4) is 0 Å². The third-order valence-corrected chi connectivity index (χ3v) is 2.18. The Bertz CT molecular complexity index is 316. The maximum atomic E-state index is 11.3. The Morgan fingerprint density at radius 3 is 2.92 bits per heavy atom. The van der Waals surface area contributed by atoms with Crippen molar-refractivity contribution in [2.24, 2.45) is 13.0 Å². The maximum Gasteiger partial charge on any atom is 0.175 e. The van der Waals surface area contributed by atoms with Crippen LogP contribution in [0.2, 0.25) is 0 Å². The van der Waals surface area contributed by atoms with Gasteiger partial charge in [-0.2, -0.15) is 4.80 Å². The summed E-state index contributed by atoms with van der Waals surface area (Å²) in [5, 5.41) is 11.5. The van der Waals surface area contributed by atoms with Gasteiger partial charge in [0.15, 0.2) is 5.82 Å². The highest BCUT2D eigenvalue weighted by Gasteiger charge is 2.28. The van der Waals surface area contributed by atoms with Crippen LogP contribution >= 0.6 is 0 Å². The van der Waals surface area contributed by atoms with Crippen molar-refractivity contribution in [2.75, 3.05) is 0 Å². The fraction of sp³-hybridized carbons (Fsp3) is 0.750. The molecule has 2 rings (SSSR count). The molecule has 0 saturated heterocycles. The molecule has 1 heterocycles. The third-order valence-electron chi connectivity index (χ3n) is 2.18. The first-order valence-electron chi connectivity index (χ1n) is 4.51. The van der Waals surface area contributed by atoms with E-state index in [0.717, 1.165) is 12.8 Å². The molecule has 1 aromatic rings. The first-order chi connectivity index (χ1) is 6.25. The van der Waals surface area contributed by atoms with Crippen LogP contribution in [0.1, 0.15) is 25.1 Å². The highest BCUT2D eigenvalue weighted by Crippen LogP contribution is 2.30. The quantitative estimate of drug-likeness (QED) is 0.660. The maximum absolute atomic E-state index is 11.3. The van der Waals surface area contributed by atoms with Crippen LogP contribution in [-0.2, 0) is 18.3 Å². The topological polar surface area (TPSA) is 60.7 Å². The molecule has 1 fully saturated rings. The second-order valence-corrected chi connectivity index (χ2v) is 3.44. The van der Waals surface area contributed by atoms with Gasteiger partial charge in [0.1, 0.15) is 5.78 Å². The van der Waals surface area contributed by atoms with Crippen LogP contribution in [0.5, 0.6) is 0 Å². The zero-order valence-electron chi connectivity index (χ0n) is 7.60. The highest BCUT2D eigenvalue weighted by atomic mass is 16.1. The van der Waals surface area contributed by atoms with Gasteiger partial charge in [-0.05, 0) is 18.1 Å². The van der Waals surface area contributed by atoms with Crippen molar-refractivity contribution in [3.05, 3.63) is 5.82 Å². The molecule has 0 radical (unpaired) electrons. The summed E-state index contributed by atoms with van der Waals surface area (Å²) < 4.78 is 0. The number of ketones is 1. The van der Waals surface area contributed by atoms with Gasteiger partial charge >= 0.3 is 0 Å². The SMILES string of the molecule is Cn1nnc(CCC(=O)C2CC2)n1. The molecule has 0 unspecified atom stereocenters. The molecule has 0 N–H and O–H groups in total. The fourth-order valence-corrected chi connectivity index (χ4v) is 1.27. The number of rotatable bonds is 4. The van der Waals surface area contributed by atoms with E-state index in [2.05, 4.69) is 15.4 Å². The van der Waals surface area contributed by atoms with Gasteiger partial charge in [-0.1, -0.05) is 0 Å². The molecule has 0 spiro atoms. The van der Waals surface area contributed by atoms with Gasteiger partial charge in [0, 0.05) is 18.8 Å². The molecule has 0 atom stereocenters. The molecule has 1 aromatic heterocycles. The lowest BCUT2D eigenvalue weighted by molar-refractivity contribution is -0.120. The Kier molecular flexibility index (Phi) is 2.08. The van der Waals surface area contributed by atoms with Crippen molar-refractivity contribution in [1.82, 2.24) is 20.2 Å². The van der Waals surface area contributed by atoms with Crippen LogP contribution in [-0.4, -0.2) is 26.0 Å². The third kappa shape index (κ3) is 2.11. The molecule has 1 aliphatic rings. The number of aromatic nitrogens is 4. The van der Waals surface area contributed by atoms with E-state index < -0.39 is 0 Å². The zero-order valence-corrected chi connectivity index (χ0v) is 7.60. The number of aryl methyl sites for hydroxylation is 2. The lowest BCUT2D eigenvalue weighted by Crippen LogP contribution is -2.03. The first-order valence-corrected chi connectivity index (χ1v) is 4.51. The van der Waals surface area contributed by atoms with E-state index in [1.54, 1.807) is 7.05 Å². The second-order valence-electron chi connectivity index (χ2n) is 3.44. The molecular formula is C8H12N4O. The summed E-state index contributed by atoms with van der Waals surface area (Å²) in [5.74, 6) is 1.36. The van der Waals surface area contributed by atoms with Crippen LogP contribution in [0, 0.1) is 5.92 Å². The van der Waals surface area contributed by atoms with E-state index in [4.69, 9.17) is 0 Å². The Hall–Kier alpha value is -1.26. The molecule has 1 aliphatic carbocycles. The minimum Gasteiger partial charge on any atom is -0.299 e.